The minimum atomic E-state index is -0.0797. The van der Waals surface area contributed by atoms with Gasteiger partial charge in [-0.05, 0) is 43.2 Å². The molecule has 0 saturated heterocycles. The average molecular weight is 457 g/mol. The number of allylic oxidation sites excluding steroid dienone is 1. The van der Waals surface area contributed by atoms with Crippen molar-refractivity contribution >= 4 is 39.3 Å². The molecule has 5 nitrogen and oxygen atoms in total. The second kappa shape index (κ2) is 9.21. The molecule has 0 aliphatic carbocycles. The minimum Gasteiger partial charge on any atom is -0.325 e. The zero-order valence-corrected chi connectivity index (χ0v) is 18.2. The molecule has 0 bridgehead atoms. The molecule has 144 valence electrons. The van der Waals surface area contributed by atoms with Gasteiger partial charge < -0.3 is 5.32 Å². The van der Waals surface area contributed by atoms with Crippen molar-refractivity contribution in [2.75, 3.05) is 11.1 Å². The summed E-state index contributed by atoms with van der Waals surface area (Å²) in [5, 5.41) is 8.04. The molecule has 0 unspecified atom stereocenters. The maximum atomic E-state index is 12.4. The summed E-state index contributed by atoms with van der Waals surface area (Å²) in [4.78, 5) is 17.0. The van der Waals surface area contributed by atoms with Crippen LogP contribution >= 0.6 is 27.7 Å². The van der Waals surface area contributed by atoms with Crippen LogP contribution in [-0.4, -0.2) is 26.4 Å². The number of thioether (sulfide) groups is 1. The Kier molecular flexibility index (Phi) is 6.70. The summed E-state index contributed by atoms with van der Waals surface area (Å²) < 4.78 is 2.80. The van der Waals surface area contributed by atoms with Gasteiger partial charge in [-0.3, -0.25) is 4.79 Å². The number of hydrogen-bond donors (Lipinski definition) is 1. The van der Waals surface area contributed by atoms with E-state index in [-0.39, 0.29) is 11.7 Å². The molecule has 28 heavy (non-hydrogen) atoms. The van der Waals surface area contributed by atoms with Crippen LogP contribution in [0.2, 0.25) is 0 Å². The molecule has 2 aromatic carbocycles. The van der Waals surface area contributed by atoms with Crippen molar-refractivity contribution in [1.82, 2.24) is 14.8 Å². The molecule has 0 aliphatic heterocycles. The highest BCUT2D eigenvalue weighted by Crippen LogP contribution is 2.24. The predicted molar refractivity (Wildman–Crippen MR) is 119 cm³/mol. The third-order valence-corrected chi connectivity index (χ3v) is 5.42. The Morgan fingerprint density at radius 3 is 2.71 bits per heavy atom. The van der Waals surface area contributed by atoms with E-state index in [1.807, 2.05) is 56.3 Å². The molecule has 0 atom stereocenters. The first kappa shape index (κ1) is 20.4. The lowest BCUT2D eigenvalue weighted by Gasteiger charge is -2.08. The second-order valence-corrected chi connectivity index (χ2v) is 8.21. The van der Waals surface area contributed by atoms with Gasteiger partial charge in [0, 0.05) is 15.7 Å². The van der Waals surface area contributed by atoms with Crippen LogP contribution in [0.3, 0.4) is 0 Å². The van der Waals surface area contributed by atoms with Crippen molar-refractivity contribution in [2.45, 2.75) is 25.5 Å². The molecule has 0 saturated carbocycles. The molecule has 0 spiro atoms. The van der Waals surface area contributed by atoms with E-state index in [0.29, 0.717) is 11.7 Å². The van der Waals surface area contributed by atoms with E-state index in [0.717, 1.165) is 32.7 Å². The van der Waals surface area contributed by atoms with Crippen LogP contribution in [0.25, 0.3) is 11.4 Å². The highest BCUT2D eigenvalue weighted by atomic mass is 79.9. The van der Waals surface area contributed by atoms with Crippen LogP contribution in [-0.2, 0) is 11.3 Å². The number of nitrogens with one attached hydrogen (secondary N) is 1. The van der Waals surface area contributed by atoms with Crippen LogP contribution in [0, 0.1) is 13.8 Å². The van der Waals surface area contributed by atoms with Gasteiger partial charge in [0.2, 0.25) is 11.1 Å². The standard InChI is InChI=1S/C21H21BrN4OS/c1-4-11-26-20(16-7-9-17(22)10-8-16)24-21(25-26)28-13-19(27)23-18-12-14(2)5-6-15(18)3/h4-10,12H,1,11,13H2,2-3H3,(H,23,27). The van der Waals surface area contributed by atoms with E-state index in [2.05, 4.69) is 37.9 Å². The van der Waals surface area contributed by atoms with Gasteiger partial charge in [-0.15, -0.1) is 11.7 Å². The highest BCUT2D eigenvalue weighted by molar-refractivity contribution is 9.10. The monoisotopic (exact) mass is 456 g/mol. The van der Waals surface area contributed by atoms with Crippen molar-refractivity contribution in [2.24, 2.45) is 0 Å². The highest BCUT2D eigenvalue weighted by Gasteiger charge is 2.14. The lowest BCUT2D eigenvalue weighted by Crippen LogP contribution is -2.15. The summed E-state index contributed by atoms with van der Waals surface area (Å²) in [5.41, 5.74) is 3.95. The number of amides is 1. The predicted octanol–water partition coefficient (Wildman–Crippen LogP) is 5.24. The molecule has 1 amide bonds. The fourth-order valence-corrected chi connectivity index (χ4v) is 3.54. The van der Waals surface area contributed by atoms with Crippen molar-refractivity contribution in [3.8, 4) is 11.4 Å². The fourth-order valence-electron chi connectivity index (χ4n) is 2.63. The van der Waals surface area contributed by atoms with Gasteiger partial charge in [0.05, 0.1) is 12.3 Å². The maximum absolute atomic E-state index is 12.4. The molecular weight excluding hydrogens is 436 g/mol. The number of halogens is 1. The molecule has 3 rings (SSSR count). The largest absolute Gasteiger partial charge is 0.325 e. The molecule has 7 heteroatoms. The fraction of sp³-hybridized carbons (Fsp3) is 0.190. The van der Waals surface area contributed by atoms with Gasteiger partial charge >= 0.3 is 0 Å². The molecule has 1 heterocycles. The van der Waals surface area contributed by atoms with Crippen LogP contribution in [0.4, 0.5) is 5.69 Å². The molecule has 0 aliphatic rings. The van der Waals surface area contributed by atoms with Gasteiger partial charge in [0.1, 0.15) is 0 Å². The van der Waals surface area contributed by atoms with Gasteiger partial charge in [0.15, 0.2) is 5.82 Å². The quantitative estimate of drug-likeness (QED) is 0.389. The van der Waals surface area contributed by atoms with Gasteiger partial charge in [-0.1, -0.05) is 58.0 Å². The topological polar surface area (TPSA) is 59.8 Å². The Labute approximate surface area is 177 Å². The van der Waals surface area contributed by atoms with Gasteiger partial charge in [-0.2, -0.15) is 0 Å². The summed E-state index contributed by atoms with van der Waals surface area (Å²) in [6.07, 6.45) is 1.78. The SMILES string of the molecule is C=CCn1nc(SCC(=O)Nc2cc(C)ccc2C)nc1-c1ccc(Br)cc1. The summed E-state index contributed by atoms with van der Waals surface area (Å²) in [6.45, 7) is 8.31. The molecule has 0 radical (unpaired) electrons. The Morgan fingerprint density at radius 2 is 2.00 bits per heavy atom. The van der Waals surface area contributed by atoms with E-state index in [4.69, 9.17) is 0 Å². The lowest BCUT2D eigenvalue weighted by atomic mass is 10.1. The van der Waals surface area contributed by atoms with E-state index in [1.165, 1.54) is 11.8 Å². The number of carbonyl (C=O) groups excluding carboxylic acids is 1. The van der Waals surface area contributed by atoms with Crippen molar-refractivity contribution < 1.29 is 4.79 Å². The van der Waals surface area contributed by atoms with Gasteiger partial charge in [-0.25, -0.2) is 9.67 Å². The van der Waals surface area contributed by atoms with Crippen LogP contribution in [0.5, 0.6) is 0 Å². The second-order valence-electron chi connectivity index (χ2n) is 6.35. The van der Waals surface area contributed by atoms with Gasteiger partial charge in [0.25, 0.3) is 0 Å². The number of rotatable bonds is 7. The maximum Gasteiger partial charge on any atom is 0.234 e. The smallest absolute Gasteiger partial charge is 0.234 e. The average Bonchev–Trinajstić information content (AvgIpc) is 3.07. The summed E-state index contributed by atoms with van der Waals surface area (Å²) in [7, 11) is 0. The van der Waals surface area contributed by atoms with Crippen LogP contribution < -0.4 is 5.32 Å². The number of carbonyl (C=O) groups is 1. The van der Waals surface area contributed by atoms with E-state index in [1.54, 1.807) is 10.8 Å². The number of aryl methyl sites for hydroxylation is 2. The van der Waals surface area contributed by atoms with Crippen LogP contribution in [0.15, 0.2) is 64.7 Å². The normalized spacial score (nSPS) is 10.7. The first-order chi connectivity index (χ1) is 13.5. The summed E-state index contributed by atoms with van der Waals surface area (Å²) in [6, 6.07) is 13.9. The number of aromatic nitrogens is 3. The summed E-state index contributed by atoms with van der Waals surface area (Å²) in [5.74, 6) is 0.916. The third-order valence-electron chi connectivity index (χ3n) is 4.06. The van der Waals surface area contributed by atoms with E-state index >= 15 is 0 Å². The lowest BCUT2D eigenvalue weighted by molar-refractivity contribution is -0.113. The molecule has 1 N–H and O–H groups in total. The van der Waals surface area contributed by atoms with E-state index in [9.17, 15) is 4.79 Å². The Balaban J connectivity index is 1.71. The molecular formula is C21H21BrN4OS. The number of benzene rings is 2. The zero-order valence-electron chi connectivity index (χ0n) is 15.8. The minimum absolute atomic E-state index is 0.0797. The van der Waals surface area contributed by atoms with Crippen molar-refractivity contribution in [1.29, 1.82) is 0 Å². The van der Waals surface area contributed by atoms with Crippen molar-refractivity contribution in [3.05, 3.63) is 70.7 Å². The van der Waals surface area contributed by atoms with Crippen LogP contribution in [0.1, 0.15) is 11.1 Å². The first-order valence-electron chi connectivity index (χ1n) is 8.78. The number of anilines is 1. The summed E-state index contributed by atoms with van der Waals surface area (Å²) >= 11 is 4.76. The van der Waals surface area contributed by atoms with E-state index < -0.39 is 0 Å². The molecule has 3 aromatic rings. The third kappa shape index (κ3) is 5.11. The Bertz CT molecular complexity index is 998. The Hall–Kier alpha value is -2.38. The van der Waals surface area contributed by atoms with Crippen molar-refractivity contribution in [3.63, 3.8) is 0 Å². The zero-order chi connectivity index (χ0) is 20.1. The first-order valence-corrected chi connectivity index (χ1v) is 10.6. The Morgan fingerprint density at radius 1 is 1.25 bits per heavy atom. The molecule has 1 aromatic heterocycles. The number of hydrogen-bond acceptors (Lipinski definition) is 4. The molecule has 0 fully saturated rings. The number of nitrogens with zero attached hydrogens (tertiary/aromatic N) is 3.